The van der Waals surface area contributed by atoms with E-state index >= 15 is 0 Å². The van der Waals surface area contributed by atoms with E-state index < -0.39 is 0 Å². The third-order valence-electron chi connectivity index (χ3n) is 3.32. The quantitative estimate of drug-likeness (QED) is 0.433. The molecule has 0 aliphatic heterocycles. The molecule has 8 heteroatoms. The van der Waals surface area contributed by atoms with Crippen molar-refractivity contribution in [1.29, 1.82) is 0 Å². The molecule has 3 heterocycles. The van der Waals surface area contributed by atoms with Crippen molar-refractivity contribution >= 4 is 51.9 Å². The Morgan fingerprint density at radius 2 is 1.96 bits per heavy atom. The summed E-state index contributed by atoms with van der Waals surface area (Å²) in [5, 5.41) is 13.2. The average Bonchev–Trinajstić information content (AvgIpc) is 3.21. The molecule has 0 radical (unpaired) electrons. The first kappa shape index (κ1) is 15.9. The lowest BCUT2D eigenvalue weighted by Crippen LogP contribution is -1.89. The lowest BCUT2D eigenvalue weighted by molar-refractivity contribution is 0.920. The SMILES string of the molecule is Clc1cc(Cl)c2nnc(SCc3csc(-c4ccccc4)n3)n2c1. The molecule has 0 N–H and O–H groups in total. The van der Waals surface area contributed by atoms with Gasteiger partial charge in [0.15, 0.2) is 10.8 Å². The summed E-state index contributed by atoms with van der Waals surface area (Å²) in [5.41, 5.74) is 2.74. The molecule has 0 spiro atoms. The Balaban J connectivity index is 1.55. The highest BCUT2D eigenvalue weighted by Gasteiger charge is 2.12. The van der Waals surface area contributed by atoms with E-state index in [0.29, 0.717) is 21.4 Å². The van der Waals surface area contributed by atoms with Crippen molar-refractivity contribution in [2.75, 3.05) is 0 Å². The van der Waals surface area contributed by atoms with Gasteiger partial charge in [-0.3, -0.25) is 4.40 Å². The smallest absolute Gasteiger partial charge is 0.196 e. The Labute approximate surface area is 156 Å². The van der Waals surface area contributed by atoms with Crippen molar-refractivity contribution in [2.24, 2.45) is 0 Å². The maximum atomic E-state index is 6.14. The van der Waals surface area contributed by atoms with E-state index in [-0.39, 0.29) is 0 Å². The third kappa shape index (κ3) is 3.15. The van der Waals surface area contributed by atoms with Gasteiger partial charge in [-0.1, -0.05) is 65.3 Å². The molecule has 0 amide bonds. The highest BCUT2D eigenvalue weighted by molar-refractivity contribution is 7.98. The highest BCUT2D eigenvalue weighted by Crippen LogP contribution is 2.29. The number of hydrogen-bond acceptors (Lipinski definition) is 5. The highest BCUT2D eigenvalue weighted by atomic mass is 35.5. The standard InChI is InChI=1S/C16H10Cl2N4S2/c17-11-6-13(18)14-20-21-16(22(14)7-11)24-9-12-8-23-15(19-12)10-4-2-1-3-5-10/h1-8H,9H2. The van der Waals surface area contributed by atoms with Crippen LogP contribution in [0, 0.1) is 0 Å². The summed E-state index contributed by atoms with van der Waals surface area (Å²) in [5.74, 6) is 0.703. The van der Waals surface area contributed by atoms with E-state index in [4.69, 9.17) is 23.2 Å². The zero-order chi connectivity index (χ0) is 16.5. The Morgan fingerprint density at radius 1 is 1.12 bits per heavy atom. The molecule has 4 rings (SSSR count). The number of thioether (sulfide) groups is 1. The largest absolute Gasteiger partial charge is 0.275 e. The van der Waals surface area contributed by atoms with Crippen molar-refractivity contribution in [3.05, 3.63) is 63.7 Å². The van der Waals surface area contributed by atoms with Crippen molar-refractivity contribution < 1.29 is 0 Å². The second-order valence-corrected chi connectivity index (χ2v) is 7.63. The molecule has 0 bridgehead atoms. The van der Waals surface area contributed by atoms with Gasteiger partial charge in [0.2, 0.25) is 0 Å². The van der Waals surface area contributed by atoms with Gasteiger partial charge < -0.3 is 0 Å². The molecule has 0 aliphatic carbocycles. The van der Waals surface area contributed by atoms with Gasteiger partial charge in [-0.25, -0.2) is 4.98 Å². The van der Waals surface area contributed by atoms with E-state index in [1.165, 1.54) is 0 Å². The van der Waals surface area contributed by atoms with Crippen LogP contribution in [0.2, 0.25) is 10.0 Å². The Hall–Kier alpha value is -1.60. The van der Waals surface area contributed by atoms with Crippen LogP contribution in [0.25, 0.3) is 16.2 Å². The number of fused-ring (bicyclic) bond motifs is 1. The van der Waals surface area contributed by atoms with Gasteiger partial charge in [0.05, 0.1) is 15.7 Å². The fraction of sp³-hybridized carbons (Fsp3) is 0.0625. The number of rotatable bonds is 4. The minimum atomic E-state index is 0.488. The lowest BCUT2D eigenvalue weighted by atomic mass is 10.2. The monoisotopic (exact) mass is 392 g/mol. The fourth-order valence-electron chi connectivity index (χ4n) is 2.23. The van der Waals surface area contributed by atoms with Gasteiger partial charge in [-0.15, -0.1) is 21.5 Å². The van der Waals surface area contributed by atoms with Crippen molar-refractivity contribution in [1.82, 2.24) is 19.6 Å². The average molecular weight is 393 g/mol. The number of nitrogens with zero attached hydrogens (tertiary/aromatic N) is 4. The van der Waals surface area contributed by atoms with E-state index in [2.05, 4.69) is 32.7 Å². The summed E-state index contributed by atoms with van der Waals surface area (Å²) in [6.07, 6.45) is 1.77. The number of halogens is 2. The molecule has 0 unspecified atom stereocenters. The molecule has 4 nitrogen and oxygen atoms in total. The van der Waals surface area contributed by atoms with Gasteiger partial charge in [-0.2, -0.15) is 0 Å². The zero-order valence-corrected chi connectivity index (χ0v) is 15.3. The van der Waals surface area contributed by atoms with Gasteiger partial charge in [0.25, 0.3) is 0 Å². The topological polar surface area (TPSA) is 43.1 Å². The Kier molecular flexibility index (Phi) is 4.45. The Morgan fingerprint density at radius 3 is 2.79 bits per heavy atom. The van der Waals surface area contributed by atoms with Gasteiger partial charge in [0.1, 0.15) is 5.01 Å². The van der Waals surface area contributed by atoms with Crippen LogP contribution in [0.5, 0.6) is 0 Å². The van der Waals surface area contributed by atoms with E-state index in [1.54, 1.807) is 39.8 Å². The van der Waals surface area contributed by atoms with Crippen LogP contribution in [-0.2, 0) is 5.75 Å². The molecule has 120 valence electrons. The second kappa shape index (κ2) is 6.72. The van der Waals surface area contributed by atoms with Crippen molar-refractivity contribution in [2.45, 2.75) is 10.9 Å². The summed E-state index contributed by atoms with van der Waals surface area (Å²) in [6.45, 7) is 0. The zero-order valence-electron chi connectivity index (χ0n) is 12.2. The maximum Gasteiger partial charge on any atom is 0.196 e. The summed E-state index contributed by atoms with van der Waals surface area (Å²) >= 11 is 15.4. The molecule has 0 aliphatic rings. The molecule has 1 aromatic carbocycles. The predicted octanol–water partition coefficient (Wildman–Crippen LogP) is 5.45. The summed E-state index contributed by atoms with van der Waals surface area (Å²) < 4.78 is 1.81. The van der Waals surface area contributed by atoms with Crippen LogP contribution in [0.3, 0.4) is 0 Å². The van der Waals surface area contributed by atoms with Crippen molar-refractivity contribution in [3.8, 4) is 10.6 Å². The van der Waals surface area contributed by atoms with Crippen LogP contribution in [0.1, 0.15) is 5.69 Å². The second-order valence-electron chi connectivity index (χ2n) is 4.98. The van der Waals surface area contributed by atoms with Crippen LogP contribution in [-0.4, -0.2) is 19.6 Å². The molecule has 0 saturated carbocycles. The van der Waals surface area contributed by atoms with E-state index in [0.717, 1.165) is 21.4 Å². The van der Waals surface area contributed by atoms with Crippen LogP contribution >= 0.6 is 46.3 Å². The Bertz CT molecular complexity index is 998. The molecule has 4 aromatic rings. The predicted molar refractivity (Wildman–Crippen MR) is 100 cm³/mol. The molecular weight excluding hydrogens is 383 g/mol. The summed E-state index contributed by atoms with van der Waals surface area (Å²) in [6, 6.07) is 11.8. The number of benzene rings is 1. The number of thiazole rings is 1. The number of aromatic nitrogens is 4. The molecule has 0 fully saturated rings. The molecule has 0 atom stereocenters. The first-order chi connectivity index (χ1) is 11.7. The fourth-order valence-corrected chi connectivity index (χ4v) is 4.47. The maximum absolute atomic E-state index is 6.14. The third-order valence-corrected chi connectivity index (χ3v) is 5.72. The molecule has 24 heavy (non-hydrogen) atoms. The van der Waals surface area contributed by atoms with E-state index in [1.807, 2.05) is 18.2 Å². The summed E-state index contributed by atoms with van der Waals surface area (Å²) in [4.78, 5) is 4.68. The van der Waals surface area contributed by atoms with Crippen LogP contribution in [0.4, 0.5) is 0 Å². The molecule has 3 aromatic heterocycles. The summed E-state index contributed by atoms with van der Waals surface area (Å²) in [7, 11) is 0. The van der Waals surface area contributed by atoms with Crippen LogP contribution < -0.4 is 0 Å². The molecular formula is C16H10Cl2N4S2. The first-order valence-corrected chi connectivity index (χ1v) is 9.65. The first-order valence-electron chi connectivity index (χ1n) is 7.03. The van der Waals surface area contributed by atoms with E-state index in [9.17, 15) is 0 Å². The van der Waals surface area contributed by atoms with Gasteiger partial charge >= 0.3 is 0 Å². The normalized spacial score (nSPS) is 11.2. The van der Waals surface area contributed by atoms with Crippen molar-refractivity contribution in [3.63, 3.8) is 0 Å². The minimum absolute atomic E-state index is 0.488. The number of hydrogen-bond donors (Lipinski definition) is 0. The van der Waals surface area contributed by atoms with Gasteiger partial charge in [-0.05, 0) is 6.07 Å². The minimum Gasteiger partial charge on any atom is -0.275 e. The molecule has 0 saturated heterocycles. The van der Waals surface area contributed by atoms with Crippen LogP contribution in [0.15, 0.2) is 53.1 Å². The number of pyridine rings is 1. The van der Waals surface area contributed by atoms with Gasteiger partial charge in [0, 0.05) is 22.9 Å². The lowest BCUT2D eigenvalue weighted by Gasteiger charge is -2.00.